The molecule has 1 aromatic carbocycles. The third-order valence-corrected chi connectivity index (χ3v) is 5.70. The highest BCUT2D eigenvalue weighted by Crippen LogP contribution is 2.36. The monoisotopic (exact) mass is 409 g/mol. The number of nitrogens with zero attached hydrogens (tertiary/aromatic N) is 3. The molecule has 1 fully saturated rings. The van der Waals surface area contributed by atoms with Crippen molar-refractivity contribution in [2.75, 3.05) is 0 Å². The molecule has 0 bridgehead atoms. The molecule has 2 aromatic heterocycles. The van der Waals surface area contributed by atoms with Crippen LogP contribution in [-0.2, 0) is 9.31 Å². The molecule has 136 valence electrons. The van der Waals surface area contributed by atoms with Gasteiger partial charge in [-0.1, -0.05) is 29.3 Å². The van der Waals surface area contributed by atoms with Crippen LogP contribution in [0.5, 0.6) is 0 Å². The molecule has 0 spiro atoms. The second-order valence-electron chi connectivity index (χ2n) is 6.83. The summed E-state index contributed by atoms with van der Waals surface area (Å²) in [6, 6.07) is 7.66. The highest BCUT2D eigenvalue weighted by Gasteiger charge is 2.51. The second kappa shape index (κ2) is 7.41. The lowest BCUT2D eigenvalue weighted by atomic mass is 9.79. The molecule has 0 radical (unpaired) electrons. The Kier molecular flexibility index (Phi) is 5.56. The van der Waals surface area contributed by atoms with Gasteiger partial charge in [-0.3, -0.25) is 0 Å². The Balaban J connectivity index is 0.000000206. The van der Waals surface area contributed by atoms with Gasteiger partial charge in [0.25, 0.3) is 0 Å². The molecule has 3 aromatic rings. The van der Waals surface area contributed by atoms with Crippen LogP contribution in [0.15, 0.2) is 36.1 Å². The summed E-state index contributed by atoms with van der Waals surface area (Å²) in [6.45, 7) is 8.26. The number of aromatic nitrogens is 3. The maximum atomic E-state index is 6.03. The molecule has 4 rings (SSSR count). The van der Waals surface area contributed by atoms with Crippen LogP contribution in [0.3, 0.4) is 0 Å². The number of benzene rings is 1. The third kappa shape index (κ3) is 4.18. The summed E-state index contributed by atoms with van der Waals surface area (Å²) in [5, 5.41) is 0.731. The Hall–Kier alpha value is -1.25. The first-order chi connectivity index (χ1) is 12.2. The van der Waals surface area contributed by atoms with Gasteiger partial charge in [0.15, 0.2) is 0 Å². The normalized spacial score (nSPS) is 17.8. The Morgan fingerprint density at radius 1 is 0.923 bits per heavy atom. The van der Waals surface area contributed by atoms with Gasteiger partial charge in [-0.15, -0.1) is 11.3 Å². The molecular weight excluding hydrogens is 392 g/mol. The van der Waals surface area contributed by atoms with Gasteiger partial charge in [-0.25, -0.2) is 15.0 Å². The summed E-state index contributed by atoms with van der Waals surface area (Å²) in [6.07, 6.45) is 1.31. The smallest absolute Gasteiger partial charge is 0.399 e. The summed E-state index contributed by atoms with van der Waals surface area (Å²) < 4.78 is 13.2. The van der Waals surface area contributed by atoms with E-state index in [4.69, 9.17) is 32.5 Å². The lowest BCUT2D eigenvalue weighted by Gasteiger charge is -2.32. The van der Waals surface area contributed by atoms with Gasteiger partial charge in [0.2, 0.25) is 0 Å². The van der Waals surface area contributed by atoms with E-state index in [1.54, 1.807) is 11.3 Å². The molecule has 1 aliphatic heterocycles. The largest absolute Gasteiger partial charge is 0.494 e. The Labute approximate surface area is 166 Å². The molecule has 9 heteroatoms. The first-order valence-electron chi connectivity index (χ1n) is 8.00. The van der Waals surface area contributed by atoms with Gasteiger partial charge in [0, 0.05) is 6.07 Å². The number of fused-ring (bicyclic) bond motifs is 1. The Bertz CT molecular complexity index is 886. The maximum absolute atomic E-state index is 6.03. The van der Waals surface area contributed by atoms with Crippen LogP contribution in [0.25, 0.3) is 10.2 Å². The van der Waals surface area contributed by atoms with Crippen molar-refractivity contribution in [3.8, 4) is 0 Å². The minimum atomic E-state index is -0.305. The van der Waals surface area contributed by atoms with E-state index in [0.717, 1.165) is 11.0 Å². The molecule has 26 heavy (non-hydrogen) atoms. The van der Waals surface area contributed by atoms with Gasteiger partial charge in [0.1, 0.15) is 16.6 Å². The molecule has 0 amide bonds. The van der Waals surface area contributed by atoms with E-state index in [-0.39, 0.29) is 18.3 Å². The van der Waals surface area contributed by atoms with Crippen molar-refractivity contribution < 1.29 is 9.31 Å². The predicted octanol–water partition coefficient (Wildman–Crippen LogP) is 4.38. The van der Waals surface area contributed by atoms with Crippen LogP contribution in [-0.4, -0.2) is 33.3 Å². The van der Waals surface area contributed by atoms with Crippen LogP contribution in [0.4, 0.5) is 0 Å². The van der Waals surface area contributed by atoms with Crippen LogP contribution in [0.2, 0.25) is 10.3 Å². The van der Waals surface area contributed by atoms with Crippen molar-refractivity contribution in [2.45, 2.75) is 38.9 Å². The van der Waals surface area contributed by atoms with Gasteiger partial charge < -0.3 is 9.31 Å². The molecule has 0 aliphatic carbocycles. The highest BCUT2D eigenvalue weighted by molar-refractivity contribution is 7.16. The second-order valence-corrected chi connectivity index (χ2v) is 8.49. The number of rotatable bonds is 1. The molecule has 0 N–H and O–H groups in total. The summed E-state index contributed by atoms with van der Waals surface area (Å²) in [4.78, 5) is 11.6. The standard InChI is InChI=1S/C13H16BNO2S.C4H2Cl2N2/c1-12(2)13(3,4)17-14(16-12)9-5-6-11-10(7-9)15-8-18-11;5-3-1-4(6)8-2-7-3/h5-8H,1-4H3;1-2H. The quantitative estimate of drug-likeness (QED) is 0.440. The first-order valence-corrected chi connectivity index (χ1v) is 9.63. The van der Waals surface area contributed by atoms with Gasteiger partial charge in [-0.2, -0.15) is 0 Å². The summed E-state index contributed by atoms with van der Waals surface area (Å²) in [5.41, 5.74) is 3.31. The fourth-order valence-electron chi connectivity index (χ4n) is 2.31. The van der Waals surface area contributed by atoms with Gasteiger partial charge in [0.05, 0.1) is 26.9 Å². The minimum Gasteiger partial charge on any atom is -0.399 e. The summed E-state index contributed by atoms with van der Waals surface area (Å²) >= 11 is 12.5. The summed E-state index contributed by atoms with van der Waals surface area (Å²) in [5.74, 6) is 0. The summed E-state index contributed by atoms with van der Waals surface area (Å²) in [7, 11) is -0.305. The fourth-order valence-corrected chi connectivity index (χ4v) is 3.32. The van der Waals surface area contributed by atoms with Crippen molar-refractivity contribution in [3.05, 3.63) is 46.4 Å². The number of thiazole rings is 1. The van der Waals surface area contributed by atoms with E-state index in [2.05, 4.69) is 54.8 Å². The van der Waals surface area contributed by atoms with E-state index in [0.29, 0.717) is 10.3 Å². The van der Waals surface area contributed by atoms with Gasteiger partial charge in [-0.05, 0) is 45.3 Å². The zero-order chi connectivity index (χ0) is 18.9. The Morgan fingerprint density at radius 3 is 2.08 bits per heavy atom. The van der Waals surface area contributed by atoms with Crippen molar-refractivity contribution in [2.24, 2.45) is 0 Å². The molecule has 5 nitrogen and oxygen atoms in total. The predicted molar refractivity (Wildman–Crippen MR) is 107 cm³/mol. The van der Waals surface area contributed by atoms with E-state index in [1.807, 2.05) is 11.6 Å². The Morgan fingerprint density at radius 2 is 1.54 bits per heavy atom. The maximum Gasteiger partial charge on any atom is 0.494 e. The molecule has 1 aliphatic rings. The van der Waals surface area contributed by atoms with E-state index in [1.165, 1.54) is 17.1 Å². The zero-order valence-electron chi connectivity index (χ0n) is 14.9. The van der Waals surface area contributed by atoms with E-state index in [9.17, 15) is 0 Å². The van der Waals surface area contributed by atoms with Crippen LogP contribution >= 0.6 is 34.5 Å². The molecule has 1 saturated heterocycles. The van der Waals surface area contributed by atoms with Crippen molar-refractivity contribution in [1.29, 1.82) is 0 Å². The molecule has 3 heterocycles. The molecule has 0 saturated carbocycles. The van der Waals surface area contributed by atoms with Gasteiger partial charge >= 0.3 is 7.12 Å². The topological polar surface area (TPSA) is 57.1 Å². The van der Waals surface area contributed by atoms with E-state index >= 15 is 0 Å². The lowest BCUT2D eigenvalue weighted by molar-refractivity contribution is 0.00578. The average molecular weight is 410 g/mol. The molecule has 0 atom stereocenters. The average Bonchev–Trinajstić information content (AvgIpc) is 3.09. The van der Waals surface area contributed by atoms with Crippen LogP contribution in [0, 0.1) is 0 Å². The number of halogens is 2. The molecule has 0 unspecified atom stereocenters. The number of hydrogen-bond donors (Lipinski definition) is 0. The van der Waals surface area contributed by atoms with E-state index < -0.39 is 0 Å². The first kappa shape index (κ1) is 19.5. The minimum absolute atomic E-state index is 0.297. The van der Waals surface area contributed by atoms with Crippen LogP contribution < -0.4 is 5.46 Å². The van der Waals surface area contributed by atoms with Crippen molar-refractivity contribution in [3.63, 3.8) is 0 Å². The zero-order valence-corrected chi connectivity index (χ0v) is 17.2. The highest BCUT2D eigenvalue weighted by atomic mass is 35.5. The lowest BCUT2D eigenvalue weighted by Crippen LogP contribution is -2.41. The van der Waals surface area contributed by atoms with Crippen molar-refractivity contribution in [1.82, 2.24) is 15.0 Å². The third-order valence-electron chi connectivity index (χ3n) is 4.48. The fraction of sp³-hybridized carbons (Fsp3) is 0.353. The SMILES string of the molecule is CC1(C)OB(c2ccc3scnc3c2)OC1(C)C.Clc1cc(Cl)ncn1. The van der Waals surface area contributed by atoms with Crippen LogP contribution in [0.1, 0.15) is 27.7 Å². The molecular formula is C17H18BCl2N3O2S. The number of hydrogen-bond acceptors (Lipinski definition) is 6. The van der Waals surface area contributed by atoms with Crippen molar-refractivity contribution >= 4 is 57.3 Å².